The fourth-order valence-corrected chi connectivity index (χ4v) is 4.50. The molecule has 5 nitrogen and oxygen atoms in total. The van der Waals surface area contributed by atoms with Gasteiger partial charge in [0.2, 0.25) is 0 Å². The molecule has 1 N–H and O–H groups in total. The van der Waals surface area contributed by atoms with Crippen molar-refractivity contribution in [3.8, 4) is 5.75 Å². The lowest BCUT2D eigenvalue weighted by molar-refractivity contribution is 0.000265. The fraction of sp³-hybridized carbons (Fsp3) is 0.364. The van der Waals surface area contributed by atoms with Gasteiger partial charge < -0.3 is 15.0 Å². The minimum atomic E-state index is -0.566. The summed E-state index contributed by atoms with van der Waals surface area (Å²) in [6.07, 6.45) is 1.51. The topological polar surface area (TPSA) is 58.6 Å². The highest BCUT2D eigenvalue weighted by Gasteiger charge is 2.44. The number of ketones is 1. The lowest BCUT2D eigenvalue weighted by atomic mass is 9.81. The van der Waals surface area contributed by atoms with E-state index in [0.29, 0.717) is 59.4 Å². The lowest BCUT2D eigenvalue weighted by Crippen LogP contribution is -2.53. The van der Waals surface area contributed by atoms with E-state index in [1.165, 1.54) is 0 Å². The molecule has 1 spiro atoms. The molecule has 2 aromatic carbocycles. The van der Waals surface area contributed by atoms with Crippen molar-refractivity contribution in [2.75, 3.05) is 18.4 Å². The third kappa shape index (κ3) is 3.81. The van der Waals surface area contributed by atoms with Crippen LogP contribution in [0, 0.1) is 13.8 Å². The van der Waals surface area contributed by atoms with Gasteiger partial charge in [-0.15, -0.1) is 0 Å². The zero-order valence-corrected chi connectivity index (χ0v) is 17.9. The molecule has 2 heterocycles. The van der Waals surface area contributed by atoms with Gasteiger partial charge in [0.05, 0.1) is 12.0 Å². The predicted octanol–water partition coefficient (Wildman–Crippen LogP) is 5.64. The Morgan fingerprint density at radius 3 is 2.59 bits per heavy atom. The van der Waals surface area contributed by atoms with Crippen molar-refractivity contribution in [3.63, 3.8) is 0 Å². The van der Waals surface area contributed by atoms with Gasteiger partial charge in [0.1, 0.15) is 11.4 Å². The maximum Gasteiger partial charge on any atom is 0.321 e. The highest BCUT2D eigenvalue weighted by Crippen LogP contribution is 2.43. The van der Waals surface area contributed by atoms with Gasteiger partial charge in [-0.3, -0.25) is 4.79 Å². The number of anilines is 1. The molecule has 0 unspecified atom stereocenters. The van der Waals surface area contributed by atoms with Gasteiger partial charge in [-0.25, -0.2) is 4.79 Å². The maximum absolute atomic E-state index is 12.9. The van der Waals surface area contributed by atoms with Gasteiger partial charge >= 0.3 is 6.03 Å². The normalized spacial score (nSPS) is 17.7. The molecule has 0 radical (unpaired) electrons. The van der Waals surface area contributed by atoms with Crippen LogP contribution in [0.2, 0.25) is 10.0 Å². The molecule has 1 fully saturated rings. The highest BCUT2D eigenvalue weighted by molar-refractivity contribution is 6.33. The van der Waals surface area contributed by atoms with Gasteiger partial charge in [-0.05, 0) is 49.2 Å². The predicted molar refractivity (Wildman–Crippen MR) is 115 cm³/mol. The summed E-state index contributed by atoms with van der Waals surface area (Å²) < 4.78 is 6.35. The number of Topliss-reactive ketones (excluding diaryl/α,β-unsaturated/α-hetero) is 1. The second-order valence-corrected chi connectivity index (χ2v) is 8.63. The number of carbonyl (C=O) groups is 2. The molecule has 4 rings (SSSR count). The van der Waals surface area contributed by atoms with E-state index < -0.39 is 5.60 Å². The number of hydrogen-bond donors (Lipinski definition) is 1. The Hall–Kier alpha value is -2.24. The number of likely N-dealkylation sites (tertiary alicyclic amines) is 1. The zero-order valence-electron chi connectivity index (χ0n) is 16.4. The Morgan fingerprint density at radius 1 is 1.17 bits per heavy atom. The summed E-state index contributed by atoms with van der Waals surface area (Å²) in [6.45, 7) is 4.80. The van der Waals surface area contributed by atoms with Crippen molar-refractivity contribution in [1.82, 2.24) is 4.90 Å². The number of hydrogen-bond acceptors (Lipinski definition) is 3. The van der Waals surface area contributed by atoms with E-state index in [9.17, 15) is 9.59 Å². The van der Waals surface area contributed by atoms with E-state index in [1.54, 1.807) is 29.2 Å². The molecule has 152 valence electrons. The molecular formula is C22H22Cl2N2O3. The van der Waals surface area contributed by atoms with Crippen molar-refractivity contribution >= 4 is 40.7 Å². The molecule has 29 heavy (non-hydrogen) atoms. The van der Waals surface area contributed by atoms with Crippen LogP contribution in [0.3, 0.4) is 0 Å². The molecule has 1 saturated heterocycles. The first-order valence-corrected chi connectivity index (χ1v) is 10.4. The molecule has 2 aromatic rings. The Bertz CT molecular complexity index is 998. The molecule has 2 aliphatic heterocycles. The monoisotopic (exact) mass is 432 g/mol. The Balaban J connectivity index is 1.46. The standard InChI is InChI=1S/C22H22Cl2N2O3/c1-13-10-18-19(14(2)20(13)24)17(27)12-22(29-18)6-8-26(9-7-22)21(28)25-16-5-3-4-15(23)11-16/h3-5,10-11H,6-9,12H2,1-2H3,(H,25,28). The minimum Gasteiger partial charge on any atom is -0.486 e. The quantitative estimate of drug-likeness (QED) is 0.633. The van der Waals surface area contributed by atoms with Crippen molar-refractivity contribution in [1.29, 1.82) is 0 Å². The average molecular weight is 433 g/mol. The van der Waals surface area contributed by atoms with Gasteiger partial charge in [-0.1, -0.05) is 29.3 Å². The lowest BCUT2D eigenvalue weighted by Gasteiger charge is -2.44. The average Bonchev–Trinajstić information content (AvgIpc) is 2.66. The van der Waals surface area contributed by atoms with Gasteiger partial charge in [0.25, 0.3) is 0 Å². The van der Waals surface area contributed by atoms with E-state index in [1.807, 2.05) is 19.9 Å². The second-order valence-electron chi connectivity index (χ2n) is 7.82. The number of nitrogens with one attached hydrogen (secondary N) is 1. The van der Waals surface area contributed by atoms with Crippen LogP contribution < -0.4 is 10.1 Å². The first-order valence-electron chi connectivity index (χ1n) is 9.61. The number of piperidine rings is 1. The van der Waals surface area contributed by atoms with Crippen LogP contribution in [-0.2, 0) is 0 Å². The van der Waals surface area contributed by atoms with E-state index in [0.717, 1.165) is 11.1 Å². The van der Waals surface area contributed by atoms with Crippen molar-refractivity contribution in [2.45, 2.75) is 38.7 Å². The van der Waals surface area contributed by atoms with Crippen LogP contribution in [0.5, 0.6) is 5.75 Å². The number of carbonyl (C=O) groups excluding carboxylic acids is 2. The van der Waals surface area contributed by atoms with E-state index in [2.05, 4.69) is 5.32 Å². The summed E-state index contributed by atoms with van der Waals surface area (Å²) in [4.78, 5) is 27.2. The second kappa shape index (κ2) is 7.54. The summed E-state index contributed by atoms with van der Waals surface area (Å²) in [5, 5.41) is 4.05. The molecule has 0 aromatic heterocycles. The summed E-state index contributed by atoms with van der Waals surface area (Å²) in [5.41, 5.74) is 2.35. The van der Waals surface area contributed by atoms with E-state index in [-0.39, 0.29) is 11.8 Å². The summed E-state index contributed by atoms with van der Waals surface area (Å²) in [7, 11) is 0. The van der Waals surface area contributed by atoms with Crippen LogP contribution in [0.4, 0.5) is 10.5 Å². The highest BCUT2D eigenvalue weighted by atomic mass is 35.5. The van der Waals surface area contributed by atoms with Gasteiger partial charge in [-0.2, -0.15) is 0 Å². The third-order valence-electron chi connectivity index (χ3n) is 5.77. The summed E-state index contributed by atoms with van der Waals surface area (Å²) in [6, 6.07) is 8.72. The van der Waals surface area contributed by atoms with Crippen LogP contribution in [0.15, 0.2) is 30.3 Å². The molecule has 0 saturated carbocycles. The van der Waals surface area contributed by atoms with Crippen molar-refractivity contribution in [2.24, 2.45) is 0 Å². The Morgan fingerprint density at radius 2 is 1.90 bits per heavy atom. The largest absolute Gasteiger partial charge is 0.486 e. The number of fused-ring (bicyclic) bond motifs is 1. The minimum absolute atomic E-state index is 0.0579. The summed E-state index contributed by atoms with van der Waals surface area (Å²) in [5.74, 6) is 0.667. The first kappa shape index (κ1) is 20.0. The fourth-order valence-electron chi connectivity index (χ4n) is 4.16. The molecular weight excluding hydrogens is 411 g/mol. The number of halogens is 2. The number of amides is 2. The molecule has 0 aliphatic carbocycles. The van der Waals surface area contributed by atoms with Crippen LogP contribution in [0.1, 0.15) is 40.7 Å². The van der Waals surface area contributed by atoms with E-state index >= 15 is 0 Å². The van der Waals surface area contributed by atoms with Crippen molar-refractivity contribution < 1.29 is 14.3 Å². The number of rotatable bonds is 1. The molecule has 0 atom stereocenters. The number of ether oxygens (including phenoxy) is 1. The number of nitrogens with zero attached hydrogens (tertiary/aromatic N) is 1. The van der Waals surface area contributed by atoms with E-state index in [4.69, 9.17) is 27.9 Å². The smallest absolute Gasteiger partial charge is 0.321 e. The maximum atomic E-state index is 12.9. The van der Waals surface area contributed by atoms with Crippen LogP contribution in [-0.4, -0.2) is 35.4 Å². The number of benzene rings is 2. The Kier molecular flexibility index (Phi) is 5.21. The molecule has 2 aliphatic rings. The van der Waals surface area contributed by atoms with Crippen molar-refractivity contribution in [3.05, 3.63) is 57.1 Å². The zero-order chi connectivity index (χ0) is 20.8. The third-order valence-corrected chi connectivity index (χ3v) is 6.59. The van der Waals surface area contributed by atoms with Gasteiger partial charge in [0, 0.05) is 41.7 Å². The Labute approximate surface area is 179 Å². The van der Waals surface area contributed by atoms with Gasteiger partial charge in [0.15, 0.2) is 5.78 Å². The first-order chi connectivity index (χ1) is 13.8. The molecule has 2 amide bonds. The molecule has 7 heteroatoms. The SMILES string of the molecule is Cc1cc2c(c(C)c1Cl)C(=O)CC1(CCN(C(=O)Nc3cccc(Cl)c3)CC1)O2. The number of urea groups is 1. The van der Waals surface area contributed by atoms with Crippen LogP contribution in [0.25, 0.3) is 0 Å². The number of aryl methyl sites for hydroxylation is 1. The summed E-state index contributed by atoms with van der Waals surface area (Å²) >= 11 is 12.3. The molecule has 0 bridgehead atoms. The van der Waals surface area contributed by atoms with Crippen LogP contribution >= 0.6 is 23.2 Å².